The van der Waals surface area contributed by atoms with Gasteiger partial charge in [0, 0.05) is 11.9 Å². The molecule has 1 unspecified atom stereocenters. The van der Waals surface area contributed by atoms with Gasteiger partial charge in [0.25, 0.3) is 0 Å². The Morgan fingerprint density at radius 3 is 2.73 bits per heavy atom. The van der Waals surface area contributed by atoms with E-state index in [2.05, 4.69) is 15.3 Å². The fourth-order valence-corrected chi connectivity index (χ4v) is 2.78. The molecule has 0 bridgehead atoms. The molecule has 0 aliphatic heterocycles. The highest BCUT2D eigenvalue weighted by molar-refractivity contribution is 7.19. The second kappa shape index (κ2) is 6.27. The second-order valence-electron chi connectivity index (χ2n) is 4.83. The minimum Gasteiger partial charge on any atom is -0.394 e. The van der Waals surface area contributed by atoms with E-state index in [4.69, 9.17) is 10.8 Å². The summed E-state index contributed by atoms with van der Waals surface area (Å²) < 4.78 is 0. The molecular formula is C15H16N4O2S. The standard InChI is InChI=1S/C15H16N4O2S/c16-13-6-5-12(22-13)15-18-11-4-2-1-3-10(11)14(19-15)17-7-9(21)8-20/h1-6,9,20-21H,7-8,16H2,(H,17,18,19). The van der Waals surface area contributed by atoms with Gasteiger partial charge in [0.2, 0.25) is 0 Å². The minimum atomic E-state index is -0.838. The number of para-hydroxylation sites is 1. The zero-order chi connectivity index (χ0) is 15.5. The first kappa shape index (κ1) is 14.7. The fraction of sp³-hybridized carbons (Fsp3) is 0.200. The van der Waals surface area contributed by atoms with Crippen LogP contribution < -0.4 is 11.1 Å². The monoisotopic (exact) mass is 316 g/mol. The Labute approximate surface area is 131 Å². The van der Waals surface area contributed by atoms with E-state index in [9.17, 15) is 5.11 Å². The number of hydrogen-bond donors (Lipinski definition) is 4. The van der Waals surface area contributed by atoms with Gasteiger partial charge in [-0.25, -0.2) is 9.97 Å². The van der Waals surface area contributed by atoms with E-state index in [1.807, 2.05) is 36.4 Å². The van der Waals surface area contributed by atoms with E-state index < -0.39 is 6.10 Å². The number of rotatable bonds is 5. The van der Waals surface area contributed by atoms with Crippen molar-refractivity contribution < 1.29 is 10.2 Å². The summed E-state index contributed by atoms with van der Waals surface area (Å²) in [7, 11) is 0. The van der Waals surface area contributed by atoms with Crippen molar-refractivity contribution in [2.24, 2.45) is 0 Å². The van der Waals surface area contributed by atoms with Crippen molar-refractivity contribution >= 4 is 33.1 Å². The Morgan fingerprint density at radius 1 is 1.18 bits per heavy atom. The molecule has 5 N–H and O–H groups in total. The van der Waals surface area contributed by atoms with Crippen LogP contribution in [0.2, 0.25) is 0 Å². The van der Waals surface area contributed by atoms with E-state index >= 15 is 0 Å². The van der Waals surface area contributed by atoms with Crippen molar-refractivity contribution in [3.63, 3.8) is 0 Å². The lowest BCUT2D eigenvalue weighted by molar-refractivity contribution is 0.105. The van der Waals surface area contributed by atoms with Gasteiger partial charge in [0.15, 0.2) is 5.82 Å². The Bertz CT molecular complexity index is 790. The minimum absolute atomic E-state index is 0.212. The summed E-state index contributed by atoms with van der Waals surface area (Å²) in [5, 5.41) is 23.1. The maximum atomic E-state index is 9.51. The first-order valence-corrected chi connectivity index (χ1v) is 7.64. The number of aliphatic hydroxyl groups excluding tert-OH is 2. The van der Waals surface area contributed by atoms with Crippen LogP contribution in [0, 0.1) is 0 Å². The zero-order valence-corrected chi connectivity index (χ0v) is 12.5. The van der Waals surface area contributed by atoms with Crippen LogP contribution in [-0.4, -0.2) is 39.4 Å². The van der Waals surface area contributed by atoms with Gasteiger partial charge < -0.3 is 21.3 Å². The normalized spacial score (nSPS) is 12.5. The molecule has 0 saturated heterocycles. The van der Waals surface area contributed by atoms with Gasteiger partial charge in [-0.1, -0.05) is 12.1 Å². The first-order valence-electron chi connectivity index (χ1n) is 6.82. The Kier molecular flexibility index (Phi) is 4.19. The molecular weight excluding hydrogens is 300 g/mol. The van der Waals surface area contributed by atoms with Crippen LogP contribution >= 0.6 is 11.3 Å². The van der Waals surface area contributed by atoms with Crippen molar-refractivity contribution in [3.8, 4) is 10.7 Å². The number of nitrogen functional groups attached to an aromatic ring is 1. The van der Waals surface area contributed by atoms with Crippen molar-refractivity contribution in [2.75, 3.05) is 24.2 Å². The molecule has 114 valence electrons. The molecule has 0 aliphatic rings. The molecule has 0 saturated carbocycles. The average Bonchev–Trinajstić information content (AvgIpc) is 2.98. The highest BCUT2D eigenvalue weighted by atomic mass is 32.1. The van der Waals surface area contributed by atoms with E-state index in [0.29, 0.717) is 16.6 Å². The summed E-state index contributed by atoms with van der Waals surface area (Å²) >= 11 is 1.42. The van der Waals surface area contributed by atoms with Crippen LogP contribution in [0.4, 0.5) is 10.8 Å². The molecule has 7 heteroatoms. The largest absolute Gasteiger partial charge is 0.394 e. The Morgan fingerprint density at radius 2 is 2.00 bits per heavy atom. The topological polar surface area (TPSA) is 104 Å². The van der Waals surface area contributed by atoms with Crippen LogP contribution in [-0.2, 0) is 0 Å². The molecule has 0 spiro atoms. The van der Waals surface area contributed by atoms with Crippen LogP contribution in [0.1, 0.15) is 0 Å². The molecule has 0 fully saturated rings. The fourth-order valence-electron chi connectivity index (χ4n) is 2.07. The van der Waals surface area contributed by atoms with Gasteiger partial charge in [0.05, 0.1) is 28.1 Å². The number of hydrogen-bond acceptors (Lipinski definition) is 7. The van der Waals surface area contributed by atoms with Crippen molar-refractivity contribution in [2.45, 2.75) is 6.10 Å². The maximum Gasteiger partial charge on any atom is 0.172 e. The molecule has 2 aromatic heterocycles. The van der Waals surface area contributed by atoms with E-state index in [0.717, 1.165) is 15.8 Å². The smallest absolute Gasteiger partial charge is 0.172 e. The second-order valence-corrected chi connectivity index (χ2v) is 5.95. The Hall–Kier alpha value is -2.22. The molecule has 1 aromatic carbocycles. The van der Waals surface area contributed by atoms with Crippen LogP contribution in [0.15, 0.2) is 36.4 Å². The SMILES string of the molecule is Nc1ccc(-c2nc(NCC(O)CO)c3ccccc3n2)s1. The number of nitrogens with one attached hydrogen (secondary N) is 1. The van der Waals surface area contributed by atoms with Crippen LogP contribution in [0.3, 0.4) is 0 Å². The van der Waals surface area contributed by atoms with Gasteiger partial charge in [-0.15, -0.1) is 11.3 Å². The van der Waals surface area contributed by atoms with Crippen molar-refractivity contribution in [1.82, 2.24) is 9.97 Å². The quantitative estimate of drug-likeness (QED) is 0.571. The third kappa shape index (κ3) is 3.01. The third-order valence-corrected chi connectivity index (χ3v) is 4.08. The summed E-state index contributed by atoms with van der Waals surface area (Å²) in [5.41, 5.74) is 6.58. The summed E-state index contributed by atoms with van der Waals surface area (Å²) in [5.74, 6) is 1.21. The summed E-state index contributed by atoms with van der Waals surface area (Å²) in [6, 6.07) is 11.3. The third-order valence-electron chi connectivity index (χ3n) is 3.17. The molecule has 6 nitrogen and oxygen atoms in total. The molecule has 22 heavy (non-hydrogen) atoms. The highest BCUT2D eigenvalue weighted by Crippen LogP contribution is 2.30. The molecule has 0 amide bonds. The number of fused-ring (bicyclic) bond motifs is 1. The average molecular weight is 316 g/mol. The number of aromatic nitrogens is 2. The van der Waals surface area contributed by atoms with Crippen LogP contribution in [0.5, 0.6) is 0 Å². The van der Waals surface area contributed by atoms with E-state index in [-0.39, 0.29) is 13.2 Å². The van der Waals surface area contributed by atoms with Crippen molar-refractivity contribution in [1.29, 1.82) is 0 Å². The maximum absolute atomic E-state index is 9.51. The number of benzene rings is 1. The molecule has 0 radical (unpaired) electrons. The molecule has 1 atom stereocenters. The lowest BCUT2D eigenvalue weighted by Gasteiger charge is -2.12. The number of nitrogens with zero attached hydrogens (tertiary/aromatic N) is 2. The molecule has 2 heterocycles. The summed E-state index contributed by atoms with van der Waals surface area (Å²) in [6.45, 7) is -0.0894. The van der Waals surface area contributed by atoms with Crippen molar-refractivity contribution in [3.05, 3.63) is 36.4 Å². The van der Waals surface area contributed by atoms with E-state index in [1.165, 1.54) is 11.3 Å². The Balaban J connectivity index is 2.04. The van der Waals surface area contributed by atoms with Gasteiger partial charge >= 0.3 is 0 Å². The predicted molar refractivity (Wildman–Crippen MR) is 88.8 cm³/mol. The molecule has 0 aliphatic carbocycles. The van der Waals surface area contributed by atoms with Gasteiger partial charge in [-0.2, -0.15) is 0 Å². The number of aliphatic hydroxyl groups is 2. The first-order chi connectivity index (χ1) is 10.7. The summed E-state index contributed by atoms with van der Waals surface area (Å²) in [4.78, 5) is 9.97. The van der Waals surface area contributed by atoms with Gasteiger partial charge in [-0.3, -0.25) is 0 Å². The lowest BCUT2D eigenvalue weighted by Crippen LogP contribution is -2.23. The number of nitrogens with two attached hydrogens (primary N) is 1. The van der Waals surface area contributed by atoms with Gasteiger partial charge in [-0.05, 0) is 24.3 Å². The zero-order valence-electron chi connectivity index (χ0n) is 11.7. The predicted octanol–water partition coefficient (Wildman–Crippen LogP) is 1.71. The van der Waals surface area contributed by atoms with E-state index in [1.54, 1.807) is 0 Å². The number of thiophene rings is 1. The summed E-state index contributed by atoms with van der Waals surface area (Å²) in [6.07, 6.45) is -0.838. The number of anilines is 2. The highest BCUT2D eigenvalue weighted by Gasteiger charge is 2.11. The molecule has 3 rings (SSSR count). The van der Waals surface area contributed by atoms with Gasteiger partial charge in [0.1, 0.15) is 5.82 Å². The van der Waals surface area contributed by atoms with Crippen LogP contribution in [0.25, 0.3) is 21.6 Å². The molecule has 3 aromatic rings. The lowest BCUT2D eigenvalue weighted by atomic mass is 10.2.